The molecule has 4 aliphatic carbocycles. The summed E-state index contributed by atoms with van der Waals surface area (Å²) in [5.41, 5.74) is 3.33. The maximum Gasteiger partial charge on any atom is 0.155 e. The van der Waals surface area contributed by atoms with E-state index in [4.69, 9.17) is 4.74 Å². The monoisotopic (exact) mass is 342 g/mol. The van der Waals surface area contributed by atoms with Crippen LogP contribution in [0.3, 0.4) is 0 Å². The van der Waals surface area contributed by atoms with Crippen molar-refractivity contribution in [1.82, 2.24) is 0 Å². The fourth-order valence-electron chi connectivity index (χ4n) is 6.34. The van der Waals surface area contributed by atoms with Crippen LogP contribution in [0.4, 0.5) is 0 Å². The van der Waals surface area contributed by atoms with Crippen molar-refractivity contribution in [2.45, 2.75) is 71.3 Å². The number of aldehydes is 1. The van der Waals surface area contributed by atoms with Gasteiger partial charge in [-0.05, 0) is 56.4 Å². The van der Waals surface area contributed by atoms with Crippen molar-refractivity contribution < 1.29 is 14.3 Å². The average molecular weight is 342 g/mol. The zero-order chi connectivity index (χ0) is 17.7. The summed E-state index contributed by atoms with van der Waals surface area (Å²) in [5.74, 6) is 1.65. The minimum absolute atomic E-state index is 0.120. The van der Waals surface area contributed by atoms with Gasteiger partial charge in [0.2, 0.25) is 0 Å². The topological polar surface area (TPSA) is 43.4 Å². The maximum absolute atomic E-state index is 11.9. The van der Waals surface area contributed by atoms with Crippen LogP contribution in [-0.2, 0) is 14.3 Å². The molecule has 4 rings (SSSR count). The Balaban J connectivity index is 1.61. The molecular formula is C22H30O3. The Labute approximate surface area is 150 Å². The van der Waals surface area contributed by atoms with E-state index >= 15 is 0 Å². The number of ketones is 1. The first kappa shape index (κ1) is 17.2. The van der Waals surface area contributed by atoms with Gasteiger partial charge in [0.1, 0.15) is 6.29 Å². The minimum Gasteiger partial charge on any atom is -0.377 e. The van der Waals surface area contributed by atoms with Gasteiger partial charge in [0.15, 0.2) is 5.78 Å². The first-order valence-electron chi connectivity index (χ1n) is 9.99. The van der Waals surface area contributed by atoms with E-state index in [-0.39, 0.29) is 16.9 Å². The molecule has 0 amide bonds. The molecule has 0 heterocycles. The van der Waals surface area contributed by atoms with Crippen LogP contribution in [0.25, 0.3) is 0 Å². The van der Waals surface area contributed by atoms with Gasteiger partial charge in [-0.1, -0.05) is 31.1 Å². The largest absolute Gasteiger partial charge is 0.377 e. The highest BCUT2D eigenvalue weighted by Crippen LogP contribution is 2.63. The molecule has 25 heavy (non-hydrogen) atoms. The molecule has 0 saturated heterocycles. The number of rotatable bonds is 4. The van der Waals surface area contributed by atoms with Gasteiger partial charge in [-0.3, -0.25) is 4.79 Å². The molecular weight excluding hydrogens is 312 g/mol. The second kappa shape index (κ2) is 6.19. The van der Waals surface area contributed by atoms with Crippen LogP contribution in [0.1, 0.15) is 65.2 Å². The fraction of sp³-hybridized carbons (Fsp3) is 0.727. The highest BCUT2D eigenvalue weighted by atomic mass is 16.5. The molecule has 0 bridgehead atoms. The van der Waals surface area contributed by atoms with Gasteiger partial charge < -0.3 is 9.53 Å². The van der Waals surface area contributed by atoms with Crippen molar-refractivity contribution in [1.29, 1.82) is 0 Å². The Morgan fingerprint density at radius 2 is 2.08 bits per heavy atom. The Morgan fingerprint density at radius 3 is 2.88 bits per heavy atom. The van der Waals surface area contributed by atoms with E-state index in [2.05, 4.69) is 19.9 Å². The lowest BCUT2D eigenvalue weighted by Gasteiger charge is -2.53. The summed E-state index contributed by atoms with van der Waals surface area (Å²) in [6.07, 6.45) is 13.6. The van der Waals surface area contributed by atoms with Gasteiger partial charge in [0.25, 0.3) is 0 Å². The second-order valence-corrected chi connectivity index (χ2v) is 8.98. The number of ether oxygens (including phenoxy) is 1. The van der Waals surface area contributed by atoms with Crippen LogP contribution in [0, 0.1) is 22.7 Å². The van der Waals surface area contributed by atoms with E-state index in [1.807, 2.05) is 6.08 Å². The van der Waals surface area contributed by atoms with E-state index in [0.717, 1.165) is 32.0 Å². The third kappa shape index (κ3) is 2.58. The molecule has 2 fully saturated rings. The SMILES string of the molecule is C[C@]12CCC(=O)C=C1CCC1C2=CC[C@]2(C)C(OCCC=O)CCC12. The third-order valence-corrected chi connectivity index (χ3v) is 7.80. The Hall–Kier alpha value is -1.22. The highest BCUT2D eigenvalue weighted by Gasteiger charge is 2.56. The molecule has 0 aromatic carbocycles. The summed E-state index contributed by atoms with van der Waals surface area (Å²) in [6.45, 7) is 5.34. The molecule has 0 aromatic heterocycles. The summed E-state index contributed by atoms with van der Waals surface area (Å²) in [6, 6.07) is 0. The predicted octanol–water partition coefficient (Wildman–Crippen LogP) is 4.41. The first-order chi connectivity index (χ1) is 12.0. The van der Waals surface area contributed by atoms with Gasteiger partial charge in [0, 0.05) is 23.7 Å². The van der Waals surface area contributed by atoms with Gasteiger partial charge in [-0.25, -0.2) is 0 Å². The van der Waals surface area contributed by atoms with Crippen molar-refractivity contribution in [2.75, 3.05) is 6.61 Å². The number of fused-ring (bicyclic) bond motifs is 5. The van der Waals surface area contributed by atoms with E-state index in [1.165, 1.54) is 18.4 Å². The summed E-state index contributed by atoms with van der Waals surface area (Å²) in [5, 5.41) is 0. The van der Waals surface area contributed by atoms with Crippen LogP contribution in [-0.4, -0.2) is 24.8 Å². The molecule has 0 aromatic rings. The minimum atomic E-state index is 0.120. The van der Waals surface area contributed by atoms with Crippen molar-refractivity contribution in [3.63, 3.8) is 0 Å². The summed E-state index contributed by atoms with van der Waals surface area (Å²) >= 11 is 0. The standard InChI is InChI=1S/C22H30O3/c1-21-10-8-16(24)14-15(21)4-5-17-18-6-7-20(25-13-3-12-23)22(18,2)11-9-19(17)21/h9,12,14,17-18,20H,3-8,10-11,13H2,1-2H3/t17?,18?,20?,21-,22-/m0/s1. The number of carbonyl (C=O) groups is 2. The van der Waals surface area contributed by atoms with Crippen LogP contribution in [0.2, 0.25) is 0 Å². The predicted molar refractivity (Wildman–Crippen MR) is 97.1 cm³/mol. The lowest BCUT2D eigenvalue weighted by atomic mass is 9.52. The summed E-state index contributed by atoms with van der Waals surface area (Å²) in [7, 11) is 0. The van der Waals surface area contributed by atoms with Crippen LogP contribution >= 0.6 is 0 Å². The van der Waals surface area contributed by atoms with E-state index in [1.54, 1.807) is 5.57 Å². The van der Waals surface area contributed by atoms with Crippen LogP contribution < -0.4 is 0 Å². The van der Waals surface area contributed by atoms with E-state index in [9.17, 15) is 9.59 Å². The van der Waals surface area contributed by atoms with Gasteiger partial charge in [-0.15, -0.1) is 0 Å². The van der Waals surface area contributed by atoms with Gasteiger partial charge in [-0.2, -0.15) is 0 Å². The van der Waals surface area contributed by atoms with Crippen molar-refractivity contribution in [2.24, 2.45) is 22.7 Å². The highest BCUT2D eigenvalue weighted by molar-refractivity contribution is 5.92. The third-order valence-electron chi connectivity index (χ3n) is 7.80. The zero-order valence-electron chi connectivity index (χ0n) is 15.6. The molecule has 4 aliphatic rings. The molecule has 136 valence electrons. The lowest BCUT2D eigenvalue weighted by molar-refractivity contribution is -0.115. The number of hydrogen-bond donors (Lipinski definition) is 0. The van der Waals surface area contributed by atoms with E-state index < -0.39 is 0 Å². The number of allylic oxidation sites excluding steroid dienone is 4. The average Bonchev–Trinajstić information content (AvgIpc) is 2.92. The molecule has 3 heteroatoms. The molecule has 0 radical (unpaired) electrons. The van der Waals surface area contributed by atoms with Gasteiger partial charge in [0.05, 0.1) is 12.7 Å². The summed E-state index contributed by atoms with van der Waals surface area (Å²) < 4.78 is 6.12. The molecule has 3 unspecified atom stereocenters. The quantitative estimate of drug-likeness (QED) is 0.432. The van der Waals surface area contributed by atoms with Gasteiger partial charge >= 0.3 is 0 Å². The molecule has 3 nitrogen and oxygen atoms in total. The molecule has 0 N–H and O–H groups in total. The fourth-order valence-corrected chi connectivity index (χ4v) is 6.34. The van der Waals surface area contributed by atoms with Crippen molar-refractivity contribution >= 4 is 12.1 Å². The Bertz CT molecular complexity index is 646. The van der Waals surface area contributed by atoms with Crippen molar-refractivity contribution in [3.8, 4) is 0 Å². The molecule has 0 aliphatic heterocycles. The van der Waals surface area contributed by atoms with Crippen molar-refractivity contribution in [3.05, 3.63) is 23.3 Å². The van der Waals surface area contributed by atoms with Crippen LogP contribution in [0.5, 0.6) is 0 Å². The number of hydrogen-bond acceptors (Lipinski definition) is 3. The normalized spacial score (nSPS) is 42.8. The lowest BCUT2D eigenvalue weighted by Crippen LogP contribution is -2.46. The van der Waals surface area contributed by atoms with E-state index in [0.29, 0.717) is 37.1 Å². The second-order valence-electron chi connectivity index (χ2n) is 8.98. The maximum atomic E-state index is 11.9. The van der Waals surface area contributed by atoms with Crippen LogP contribution in [0.15, 0.2) is 23.3 Å². The Morgan fingerprint density at radius 1 is 1.24 bits per heavy atom. The number of carbonyl (C=O) groups excluding carboxylic acids is 2. The first-order valence-corrected chi connectivity index (χ1v) is 9.99. The molecule has 2 saturated carbocycles. The molecule has 0 spiro atoms. The summed E-state index contributed by atoms with van der Waals surface area (Å²) in [4.78, 5) is 22.5. The molecule has 5 atom stereocenters. The zero-order valence-corrected chi connectivity index (χ0v) is 15.6. The smallest absolute Gasteiger partial charge is 0.155 e. The Kier molecular flexibility index (Phi) is 4.26.